The van der Waals surface area contributed by atoms with Gasteiger partial charge in [-0.15, -0.1) is 6.58 Å². The number of para-hydroxylation sites is 1. The van der Waals surface area contributed by atoms with Gasteiger partial charge in [-0.2, -0.15) is 5.10 Å². The van der Waals surface area contributed by atoms with Crippen molar-refractivity contribution in [2.24, 2.45) is 0 Å². The van der Waals surface area contributed by atoms with Gasteiger partial charge in [-0.3, -0.25) is 14.3 Å². The minimum atomic E-state index is -0.501. The molecule has 0 aliphatic rings. The molecule has 180 valence electrons. The number of aromatic nitrogens is 2. The topological polar surface area (TPSA) is 112 Å². The highest BCUT2D eigenvalue weighted by molar-refractivity contribution is 6.07. The fourth-order valence-corrected chi connectivity index (χ4v) is 3.39. The molecule has 0 fully saturated rings. The molecule has 0 aliphatic heterocycles. The largest absolute Gasteiger partial charge is 0.485 e. The average molecular weight is 475 g/mol. The van der Waals surface area contributed by atoms with Crippen molar-refractivity contribution >= 4 is 17.5 Å². The van der Waals surface area contributed by atoms with Crippen LogP contribution in [-0.2, 0) is 26.1 Å². The second kappa shape index (κ2) is 11.1. The van der Waals surface area contributed by atoms with Crippen molar-refractivity contribution in [2.75, 3.05) is 5.32 Å². The van der Waals surface area contributed by atoms with E-state index in [4.69, 9.17) is 13.6 Å². The van der Waals surface area contributed by atoms with Crippen LogP contribution in [0.5, 0.6) is 5.75 Å². The number of aryl methyl sites for hydroxylation is 1. The van der Waals surface area contributed by atoms with Gasteiger partial charge in [0.1, 0.15) is 23.9 Å². The third kappa shape index (κ3) is 5.89. The molecule has 0 saturated heterocycles. The summed E-state index contributed by atoms with van der Waals surface area (Å²) in [6, 6.07) is 14.4. The molecular formula is C26H26N4O5. The Bertz CT molecular complexity index is 1300. The number of anilines is 1. The van der Waals surface area contributed by atoms with Crippen LogP contribution in [0.3, 0.4) is 0 Å². The first-order valence-corrected chi connectivity index (χ1v) is 11.2. The molecule has 3 heterocycles. The predicted octanol–water partition coefficient (Wildman–Crippen LogP) is 4.58. The summed E-state index contributed by atoms with van der Waals surface area (Å²) in [6.45, 7) is 6.55. The number of benzene rings is 1. The first kappa shape index (κ1) is 23.6. The van der Waals surface area contributed by atoms with Crippen molar-refractivity contribution in [3.05, 3.63) is 102 Å². The van der Waals surface area contributed by atoms with Gasteiger partial charge in [-0.25, -0.2) is 0 Å². The van der Waals surface area contributed by atoms with E-state index < -0.39 is 11.8 Å². The molecule has 0 unspecified atom stereocenters. The van der Waals surface area contributed by atoms with Crippen LogP contribution in [0.2, 0.25) is 0 Å². The number of carbonyl (C=O) groups is 2. The van der Waals surface area contributed by atoms with Gasteiger partial charge in [-0.1, -0.05) is 24.3 Å². The molecule has 0 atom stereocenters. The summed E-state index contributed by atoms with van der Waals surface area (Å²) in [7, 11) is 0. The summed E-state index contributed by atoms with van der Waals surface area (Å²) >= 11 is 0. The molecule has 9 heteroatoms. The summed E-state index contributed by atoms with van der Waals surface area (Å²) in [6.07, 6.45) is 5.62. The van der Waals surface area contributed by atoms with E-state index in [0.717, 1.165) is 11.3 Å². The SMILES string of the molecule is C=CCc1ccccc1OCc1ccc(C(=O)Nc2cn(CC)nc2C(=O)NCc2ccco2)o1. The minimum Gasteiger partial charge on any atom is -0.485 e. The third-order valence-electron chi connectivity index (χ3n) is 5.14. The monoisotopic (exact) mass is 474 g/mol. The molecule has 0 spiro atoms. The van der Waals surface area contributed by atoms with E-state index in [0.29, 0.717) is 24.5 Å². The third-order valence-corrected chi connectivity index (χ3v) is 5.14. The fourth-order valence-electron chi connectivity index (χ4n) is 3.39. The second-order valence-corrected chi connectivity index (χ2v) is 7.62. The Kier molecular flexibility index (Phi) is 7.47. The average Bonchev–Trinajstić information content (AvgIpc) is 3.63. The highest BCUT2D eigenvalue weighted by Gasteiger charge is 2.21. The molecule has 3 aromatic heterocycles. The number of amides is 2. The van der Waals surface area contributed by atoms with Crippen LogP contribution in [0.4, 0.5) is 5.69 Å². The van der Waals surface area contributed by atoms with Gasteiger partial charge in [0.25, 0.3) is 11.8 Å². The van der Waals surface area contributed by atoms with E-state index in [1.54, 1.807) is 35.1 Å². The zero-order chi connectivity index (χ0) is 24.6. The van der Waals surface area contributed by atoms with Crippen LogP contribution >= 0.6 is 0 Å². The fraction of sp³-hybridized carbons (Fsp3) is 0.192. The normalized spacial score (nSPS) is 10.7. The Morgan fingerprint density at radius 3 is 2.74 bits per heavy atom. The van der Waals surface area contributed by atoms with Crippen molar-refractivity contribution in [3.8, 4) is 5.75 Å². The predicted molar refractivity (Wildman–Crippen MR) is 129 cm³/mol. The number of allylic oxidation sites excluding steroid dienone is 1. The highest BCUT2D eigenvalue weighted by Crippen LogP contribution is 2.21. The molecule has 1 aromatic carbocycles. The van der Waals surface area contributed by atoms with Gasteiger partial charge in [-0.05, 0) is 49.2 Å². The summed E-state index contributed by atoms with van der Waals surface area (Å²) in [5.41, 5.74) is 1.39. The molecule has 0 saturated carbocycles. The number of carbonyl (C=O) groups excluding carboxylic acids is 2. The number of hydrogen-bond donors (Lipinski definition) is 2. The maximum atomic E-state index is 12.8. The highest BCUT2D eigenvalue weighted by atomic mass is 16.5. The Hall–Kier alpha value is -4.53. The summed E-state index contributed by atoms with van der Waals surface area (Å²) in [4.78, 5) is 25.5. The Morgan fingerprint density at radius 1 is 1.11 bits per heavy atom. The standard InChI is InChI=1S/C26H26N4O5/c1-3-8-18-9-5-6-11-22(18)34-17-20-12-13-23(35-20)25(31)28-21-16-30(4-2)29-24(21)26(32)27-15-19-10-7-14-33-19/h3,5-7,9-14,16H,1,4,8,15,17H2,2H3,(H,27,32)(H,28,31). The van der Waals surface area contributed by atoms with E-state index in [1.165, 1.54) is 6.26 Å². The smallest absolute Gasteiger partial charge is 0.291 e. The molecular weight excluding hydrogens is 448 g/mol. The first-order valence-electron chi connectivity index (χ1n) is 11.2. The Balaban J connectivity index is 1.40. The quantitative estimate of drug-likeness (QED) is 0.308. The second-order valence-electron chi connectivity index (χ2n) is 7.62. The summed E-state index contributed by atoms with van der Waals surface area (Å²) in [5, 5.41) is 9.72. The van der Waals surface area contributed by atoms with E-state index in [2.05, 4.69) is 22.3 Å². The molecule has 4 rings (SSSR count). The van der Waals surface area contributed by atoms with Crippen molar-refractivity contribution < 1.29 is 23.2 Å². The van der Waals surface area contributed by atoms with E-state index in [1.807, 2.05) is 37.3 Å². The number of nitrogens with zero attached hydrogens (tertiary/aromatic N) is 2. The van der Waals surface area contributed by atoms with Gasteiger partial charge in [0.2, 0.25) is 0 Å². The maximum Gasteiger partial charge on any atom is 0.291 e. The number of ether oxygens (including phenoxy) is 1. The molecule has 9 nitrogen and oxygen atoms in total. The molecule has 2 amide bonds. The van der Waals surface area contributed by atoms with Gasteiger partial charge < -0.3 is 24.2 Å². The van der Waals surface area contributed by atoms with Crippen molar-refractivity contribution in [1.82, 2.24) is 15.1 Å². The van der Waals surface area contributed by atoms with Gasteiger partial charge in [0.05, 0.1) is 18.5 Å². The number of rotatable bonds is 11. The molecule has 2 N–H and O–H groups in total. The van der Waals surface area contributed by atoms with Gasteiger partial charge in [0.15, 0.2) is 11.5 Å². The molecule has 0 aliphatic carbocycles. The van der Waals surface area contributed by atoms with Crippen molar-refractivity contribution in [1.29, 1.82) is 0 Å². The van der Waals surface area contributed by atoms with Crippen LogP contribution in [0.25, 0.3) is 0 Å². The first-order chi connectivity index (χ1) is 17.1. The van der Waals surface area contributed by atoms with Crippen LogP contribution in [-0.4, -0.2) is 21.6 Å². The summed E-state index contributed by atoms with van der Waals surface area (Å²) < 4.78 is 18.3. The van der Waals surface area contributed by atoms with E-state index in [9.17, 15) is 9.59 Å². The lowest BCUT2D eigenvalue weighted by atomic mass is 10.1. The van der Waals surface area contributed by atoms with Crippen molar-refractivity contribution in [3.63, 3.8) is 0 Å². The van der Waals surface area contributed by atoms with Crippen LogP contribution in [0.1, 0.15) is 45.1 Å². The zero-order valence-electron chi connectivity index (χ0n) is 19.3. The zero-order valence-corrected chi connectivity index (χ0v) is 19.3. The number of nitrogens with one attached hydrogen (secondary N) is 2. The van der Waals surface area contributed by atoms with Crippen LogP contribution in [0, 0.1) is 0 Å². The Labute approximate surface area is 202 Å². The van der Waals surface area contributed by atoms with Crippen LogP contribution < -0.4 is 15.4 Å². The minimum absolute atomic E-state index is 0.0918. The maximum absolute atomic E-state index is 12.8. The molecule has 4 aromatic rings. The molecule has 35 heavy (non-hydrogen) atoms. The lowest BCUT2D eigenvalue weighted by Crippen LogP contribution is -2.25. The summed E-state index contributed by atoms with van der Waals surface area (Å²) in [5.74, 6) is 0.983. The van der Waals surface area contributed by atoms with E-state index >= 15 is 0 Å². The Morgan fingerprint density at radius 2 is 1.97 bits per heavy atom. The van der Waals surface area contributed by atoms with Gasteiger partial charge in [0, 0.05) is 12.7 Å². The van der Waals surface area contributed by atoms with Crippen LogP contribution in [0.15, 0.2) is 82.5 Å². The lowest BCUT2D eigenvalue weighted by molar-refractivity contribution is 0.0943. The van der Waals surface area contributed by atoms with Crippen molar-refractivity contribution in [2.45, 2.75) is 33.0 Å². The number of hydrogen-bond acceptors (Lipinski definition) is 6. The van der Waals surface area contributed by atoms with Gasteiger partial charge >= 0.3 is 0 Å². The molecule has 0 bridgehead atoms. The number of furan rings is 2. The molecule has 0 radical (unpaired) electrons. The lowest BCUT2D eigenvalue weighted by Gasteiger charge is -2.09. The van der Waals surface area contributed by atoms with E-state index in [-0.39, 0.29) is 30.3 Å².